The molecule has 0 aliphatic carbocycles. The molecule has 0 spiro atoms. The summed E-state index contributed by atoms with van der Waals surface area (Å²) in [5, 5.41) is 0. The van der Waals surface area contributed by atoms with Gasteiger partial charge in [0.25, 0.3) is 0 Å². The van der Waals surface area contributed by atoms with Crippen molar-refractivity contribution in [2.24, 2.45) is 0 Å². The largest absolute Gasteiger partial charge is 0.344 e. The maximum atomic E-state index is 5.83. The molecule has 0 saturated heterocycles. The molecule has 0 aromatic heterocycles. The lowest BCUT2D eigenvalue weighted by Gasteiger charge is -2.06. The predicted molar refractivity (Wildman–Crippen MR) is 44.4 cm³/mol. The van der Waals surface area contributed by atoms with Crippen LogP contribution in [-0.2, 0) is 0 Å². The van der Waals surface area contributed by atoms with Gasteiger partial charge >= 0.3 is 0 Å². The second kappa shape index (κ2) is 4.83. The number of halogens is 1. The molecular formula is C7H16ClN. The Kier molecular flexibility index (Phi) is 6.30. The fraction of sp³-hybridized carbons (Fsp3) is 0.714. The minimum absolute atomic E-state index is 0. The van der Waals surface area contributed by atoms with Crippen molar-refractivity contribution in [3.05, 3.63) is 12.2 Å². The van der Waals surface area contributed by atoms with Crippen LogP contribution in [0.2, 0.25) is 0 Å². The molecular weight excluding hydrogens is 134 g/mol. The Labute approximate surface area is 62.7 Å². The summed E-state index contributed by atoms with van der Waals surface area (Å²) in [6, 6.07) is 0. The van der Waals surface area contributed by atoms with Crippen molar-refractivity contribution in [1.29, 1.82) is 0 Å². The third-order valence-electron chi connectivity index (χ3n) is 0.750. The third-order valence-corrected chi connectivity index (χ3v) is 0.876. The molecule has 0 radical (unpaired) electrons. The lowest BCUT2D eigenvalue weighted by molar-refractivity contribution is 0.875. The first-order chi connectivity index (χ1) is 3.56. The third kappa shape index (κ3) is 11.5. The average Bonchev–Trinajstić information content (AvgIpc) is 1.59. The average molecular weight is 150 g/mol. The van der Waals surface area contributed by atoms with E-state index in [4.69, 9.17) is 11.6 Å². The van der Waals surface area contributed by atoms with Crippen LogP contribution >= 0.6 is 11.6 Å². The first-order valence-corrected chi connectivity index (χ1v) is 3.30. The standard InChI is InChI=1S/C7H13Cl.H3N/c1-4-5-6-7(2,3)8;/h5-6H,4H2,1-3H3;1H3. The molecule has 9 heavy (non-hydrogen) atoms. The van der Waals surface area contributed by atoms with Gasteiger partial charge < -0.3 is 6.15 Å². The molecule has 2 heteroatoms. The number of hydrogen-bond donors (Lipinski definition) is 1. The van der Waals surface area contributed by atoms with E-state index in [1.54, 1.807) is 0 Å². The monoisotopic (exact) mass is 149 g/mol. The van der Waals surface area contributed by atoms with Crippen LogP contribution in [-0.4, -0.2) is 4.87 Å². The van der Waals surface area contributed by atoms with Gasteiger partial charge in [-0.15, -0.1) is 11.6 Å². The summed E-state index contributed by atoms with van der Waals surface area (Å²) in [7, 11) is 0. The summed E-state index contributed by atoms with van der Waals surface area (Å²) < 4.78 is 0. The number of rotatable bonds is 2. The molecule has 0 aliphatic heterocycles. The SMILES string of the molecule is CCC=CC(C)(C)Cl.N. The first kappa shape index (κ1) is 11.7. The van der Waals surface area contributed by atoms with Gasteiger partial charge in [0, 0.05) is 0 Å². The van der Waals surface area contributed by atoms with Crippen LogP contribution in [0, 0.1) is 0 Å². The molecule has 0 unspecified atom stereocenters. The van der Waals surface area contributed by atoms with E-state index in [0.29, 0.717) is 0 Å². The Bertz CT molecular complexity index is 81.4. The molecule has 0 amide bonds. The van der Waals surface area contributed by atoms with E-state index >= 15 is 0 Å². The summed E-state index contributed by atoms with van der Waals surface area (Å²) in [5.41, 5.74) is 0. The summed E-state index contributed by atoms with van der Waals surface area (Å²) in [6.07, 6.45) is 5.15. The van der Waals surface area contributed by atoms with Gasteiger partial charge in [-0.2, -0.15) is 0 Å². The molecule has 56 valence electrons. The fourth-order valence-corrected chi connectivity index (χ4v) is 0.487. The van der Waals surface area contributed by atoms with Gasteiger partial charge in [-0.25, -0.2) is 0 Å². The minimum atomic E-state index is -0.157. The van der Waals surface area contributed by atoms with Crippen LogP contribution in [0.3, 0.4) is 0 Å². The second-order valence-electron chi connectivity index (χ2n) is 2.38. The van der Waals surface area contributed by atoms with Crippen molar-refractivity contribution >= 4 is 11.6 Å². The summed E-state index contributed by atoms with van der Waals surface area (Å²) in [5.74, 6) is 0. The predicted octanol–water partition coefficient (Wildman–Crippen LogP) is 3.13. The molecule has 0 rings (SSSR count). The van der Waals surface area contributed by atoms with Gasteiger partial charge in [0.1, 0.15) is 0 Å². The highest BCUT2D eigenvalue weighted by Crippen LogP contribution is 2.13. The highest BCUT2D eigenvalue weighted by molar-refractivity contribution is 6.24. The molecule has 0 heterocycles. The smallest absolute Gasteiger partial charge is 0.0569 e. The van der Waals surface area contributed by atoms with Crippen molar-refractivity contribution in [1.82, 2.24) is 6.15 Å². The van der Waals surface area contributed by atoms with Gasteiger partial charge in [-0.1, -0.05) is 19.1 Å². The molecule has 0 aromatic rings. The molecule has 0 saturated carbocycles. The molecule has 0 aliphatic rings. The maximum absolute atomic E-state index is 5.83. The van der Waals surface area contributed by atoms with E-state index < -0.39 is 0 Å². The zero-order valence-electron chi connectivity index (χ0n) is 6.45. The Balaban J connectivity index is 0. The molecule has 0 atom stereocenters. The van der Waals surface area contributed by atoms with E-state index in [1.807, 2.05) is 19.9 Å². The van der Waals surface area contributed by atoms with Crippen LogP contribution < -0.4 is 6.15 Å². The molecule has 0 aromatic carbocycles. The van der Waals surface area contributed by atoms with Crippen LogP contribution in [0.15, 0.2) is 12.2 Å². The quantitative estimate of drug-likeness (QED) is 0.475. The van der Waals surface area contributed by atoms with Crippen LogP contribution in [0.4, 0.5) is 0 Å². The zero-order valence-corrected chi connectivity index (χ0v) is 7.20. The number of allylic oxidation sites excluding steroid dienone is 2. The second-order valence-corrected chi connectivity index (χ2v) is 3.35. The van der Waals surface area contributed by atoms with E-state index in [-0.39, 0.29) is 11.0 Å². The maximum Gasteiger partial charge on any atom is 0.0569 e. The van der Waals surface area contributed by atoms with Gasteiger partial charge in [-0.05, 0) is 20.3 Å². The highest BCUT2D eigenvalue weighted by atomic mass is 35.5. The fourth-order valence-electron chi connectivity index (χ4n) is 0.398. The molecule has 3 N–H and O–H groups in total. The minimum Gasteiger partial charge on any atom is -0.344 e. The molecule has 0 bridgehead atoms. The normalized spacial score (nSPS) is 11.6. The van der Waals surface area contributed by atoms with Crippen molar-refractivity contribution in [2.45, 2.75) is 32.1 Å². The molecule has 0 fully saturated rings. The van der Waals surface area contributed by atoms with Gasteiger partial charge in [0.2, 0.25) is 0 Å². The number of hydrogen-bond acceptors (Lipinski definition) is 1. The van der Waals surface area contributed by atoms with Crippen LogP contribution in [0.1, 0.15) is 27.2 Å². The van der Waals surface area contributed by atoms with Crippen molar-refractivity contribution < 1.29 is 0 Å². The van der Waals surface area contributed by atoms with Gasteiger partial charge in [-0.3, -0.25) is 0 Å². The van der Waals surface area contributed by atoms with Crippen LogP contribution in [0.5, 0.6) is 0 Å². The first-order valence-electron chi connectivity index (χ1n) is 2.93. The van der Waals surface area contributed by atoms with Crippen molar-refractivity contribution in [3.8, 4) is 0 Å². The lowest BCUT2D eigenvalue weighted by Crippen LogP contribution is -2.03. The highest BCUT2D eigenvalue weighted by Gasteiger charge is 2.04. The van der Waals surface area contributed by atoms with Gasteiger partial charge in [0.15, 0.2) is 0 Å². The van der Waals surface area contributed by atoms with E-state index in [1.165, 1.54) is 0 Å². The summed E-state index contributed by atoms with van der Waals surface area (Å²) in [6.45, 7) is 6.04. The van der Waals surface area contributed by atoms with E-state index in [2.05, 4.69) is 13.0 Å². The van der Waals surface area contributed by atoms with Crippen LogP contribution in [0.25, 0.3) is 0 Å². The number of alkyl halides is 1. The Morgan fingerprint density at radius 2 is 1.89 bits per heavy atom. The Hall–Kier alpha value is -0.0100. The van der Waals surface area contributed by atoms with Crippen molar-refractivity contribution in [3.63, 3.8) is 0 Å². The van der Waals surface area contributed by atoms with Crippen molar-refractivity contribution in [2.75, 3.05) is 0 Å². The van der Waals surface area contributed by atoms with E-state index in [9.17, 15) is 0 Å². The van der Waals surface area contributed by atoms with Gasteiger partial charge in [0.05, 0.1) is 4.87 Å². The Morgan fingerprint density at radius 3 is 2.00 bits per heavy atom. The summed E-state index contributed by atoms with van der Waals surface area (Å²) >= 11 is 5.83. The van der Waals surface area contributed by atoms with E-state index in [0.717, 1.165) is 6.42 Å². The zero-order chi connectivity index (χ0) is 6.62. The topological polar surface area (TPSA) is 35.0 Å². The lowest BCUT2D eigenvalue weighted by atomic mass is 10.2. The Morgan fingerprint density at radius 1 is 1.44 bits per heavy atom. The molecule has 1 nitrogen and oxygen atoms in total. The summed E-state index contributed by atoms with van der Waals surface area (Å²) in [4.78, 5) is -0.157.